The molecular weight excluding hydrogens is 512 g/mol. The Morgan fingerprint density at radius 3 is 2.15 bits per heavy atom. The van der Waals surface area contributed by atoms with E-state index in [4.69, 9.17) is 14.2 Å². The summed E-state index contributed by atoms with van der Waals surface area (Å²) in [7, 11) is 4.58. The molecule has 144 valence electrons. The second kappa shape index (κ2) is 12.4. The molecule has 0 fully saturated rings. The molecule has 0 atom stereocenters. The molecule has 0 aromatic carbocycles. The maximum Gasteiger partial charge on any atom is 0.351 e. The quantitative estimate of drug-likeness (QED) is 0.271. The van der Waals surface area contributed by atoms with E-state index in [1.165, 1.54) is 29.8 Å². The van der Waals surface area contributed by atoms with Crippen molar-refractivity contribution in [2.75, 3.05) is 34.5 Å². The van der Waals surface area contributed by atoms with Gasteiger partial charge in [-0.05, 0) is 31.9 Å². The lowest BCUT2D eigenvalue weighted by atomic mass is 10.4. The smallest absolute Gasteiger partial charge is 0.351 e. The number of esters is 1. The highest BCUT2D eigenvalue weighted by Gasteiger charge is 2.19. The van der Waals surface area contributed by atoms with Gasteiger partial charge in [-0.25, -0.2) is 4.79 Å². The molecule has 0 amide bonds. The summed E-state index contributed by atoms with van der Waals surface area (Å²) in [4.78, 5) is 23.5. The summed E-state index contributed by atoms with van der Waals surface area (Å²) >= 11 is 9.26. The molecule has 0 N–H and O–H groups in total. The lowest BCUT2D eigenvalue weighted by molar-refractivity contribution is 0.0601. The molecule has 2 heterocycles. The van der Waals surface area contributed by atoms with Crippen molar-refractivity contribution in [3.8, 4) is 11.5 Å². The van der Waals surface area contributed by atoms with Gasteiger partial charge in [0.25, 0.3) is 0 Å². The van der Waals surface area contributed by atoms with Crippen LogP contribution in [0.4, 0.5) is 0 Å². The van der Waals surface area contributed by atoms with E-state index in [2.05, 4.69) is 36.6 Å². The normalized spacial score (nSPS) is 9.88. The van der Waals surface area contributed by atoms with E-state index in [-0.39, 0.29) is 0 Å². The first-order valence-electron chi connectivity index (χ1n) is 7.23. The fourth-order valence-corrected chi connectivity index (χ4v) is 4.58. The standard InChI is InChI=1S/C14H12Br2O5S2.C2H6O/c1-19-14(18)13-12(9(16)7-23-13)21-4-2-3-20-11-8(15)6-22-10(11)5-17;1-3-2/h5-7H,2-4H2,1H3;1-2H3. The molecule has 26 heavy (non-hydrogen) atoms. The van der Waals surface area contributed by atoms with E-state index in [1.807, 2.05) is 0 Å². The Bertz CT molecular complexity index is 714. The number of carbonyl (C=O) groups is 2. The number of ether oxygens (including phenoxy) is 4. The number of thiophene rings is 2. The van der Waals surface area contributed by atoms with Gasteiger partial charge in [-0.15, -0.1) is 22.7 Å². The van der Waals surface area contributed by atoms with Crippen molar-refractivity contribution >= 4 is 66.8 Å². The molecule has 0 bridgehead atoms. The van der Waals surface area contributed by atoms with Crippen LogP contribution in [0.5, 0.6) is 11.5 Å². The van der Waals surface area contributed by atoms with Crippen molar-refractivity contribution < 1.29 is 28.5 Å². The molecule has 2 aromatic rings. The van der Waals surface area contributed by atoms with Gasteiger partial charge in [0.1, 0.15) is 4.88 Å². The van der Waals surface area contributed by atoms with Crippen LogP contribution < -0.4 is 9.47 Å². The number of halogens is 2. The zero-order valence-electron chi connectivity index (χ0n) is 14.4. The first-order valence-corrected chi connectivity index (χ1v) is 10.6. The van der Waals surface area contributed by atoms with E-state index < -0.39 is 5.97 Å². The van der Waals surface area contributed by atoms with Crippen LogP contribution in [0.1, 0.15) is 25.8 Å². The van der Waals surface area contributed by atoms with Crippen LogP contribution in [0.2, 0.25) is 0 Å². The zero-order chi connectivity index (χ0) is 19.5. The van der Waals surface area contributed by atoms with Gasteiger partial charge >= 0.3 is 5.97 Å². The van der Waals surface area contributed by atoms with Gasteiger partial charge in [-0.2, -0.15) is 0 Å². The van der Waals surface area contributed by atoms with Crippen LogP contribution in [-0.4, -0.2) is 46.8 Å². The first-order chi connectivity index (χ1) is 12.5. The molecule has 2 rings (SSSR count). The third-order valence-electron chi connectivity index (χ3n) is 2.69. The predicted octanol–water partition coefficient (Wildman–Crippen LogP) is 5.04. The highest BCUT2D eigenvalue weighted by molar-refractivity contribution is 9.11. The summed E-state index contributed by atoms with van der Waals surface area (Å²) in [6.45, 7) is 0.767. The molecule has 0 radical (unpaired) electrons. The van der Waals surface area contributed by atoms with E-state index in [0.29, 0.717) is 45.4 Å². The van der Waals surface area contributed by atoms with Crippen LogP contribution in [-0.2, 0) is 9.47 Å². The lowest BCUT2D eigenvalue weighted by Crippen LogP contribution is -2.08. The third-order valence-corrected chi connectivity index (χ3v) is 6.31. The molecule has 0 aliphatic heterocycles. The van der Waals surface area contributed by atoms with Gasteiger partial charge in [0.2, 0.25) is 0 Å². The molecular formula is C16H18Br2O6S2. The van der Waals surface area contributed by atoms with Crippen molar-refractivity contribution in [1.29, 1.82) is 0 Å². The minimum absolute atomic E-state index is 0.373. The highest BCUT2D eigenvalue weighted by Crippen LogP contribution is 2.36. The monoisotopic (exact) mass is 528 g/mol. The minimum Gasteiger partial charge on any atom is -0.491 e. The first kappa shape index (κ1) is 23.1. The molecule has 0 aliphatic carbocycles. The molecule has 0 aliphatic rings. The average Bonchev–Trinajstić information content (AvgIpc) is 3.17. The molecule has 6 nitrogen and oxygen atoms in total. The summed E-state index contributed by atoms with van der Waals surface area (Å²) in [5.74, 6) is 0.605. The Morgan fingerprint density at radius 2 is 1.58 bits per heavy atom. The number of rotatable bonds is 8. The zero-order valence-corrected chi connectivity index (χ0v) is 19.2. The van der Waals surface area contributed by atoms with Crippen LogP contribution in [0.3, 0.4) is 0 Å². The van der Waals surface area contributed by atoms with Gasteiger partial charge in [0, 0.05) is 31.4 Å². The topological polar surface area (TPSA) is 71.1 Å². The van der Waals surface area contributed by atoms with E-state index in [0.717, 1.165) is 10.8 Å². The molecule has 0 saturated heterocycles. The number of hydrogen-bond acceptors (Lipinski definition) is 8. The Hall–Kier alpha value is -0.940. The second-order valence-electron chi connectivity index (χ2n) is 4.59. The van der Waals surface area contributed by atoms with Crippen molar-refractivity contribution in [3.63, 3.8) is 0 Å². The molecule has 0 spiro atoms. The number of methoxy groups -OCH3 is 2. The maximum atomic E-state index is 11.6. The minimum atomic E-state index is -0.426. The Morgan fingerprint density at radius 1 is 1.04 bits per heavy atom. The Balaban J connectivity index is 0.00000105. The van der Waals surface area contributed by atoms with Crippen molar-refractivity contribution in [2.45, 2.75) is 6.42 Å². The van der Waals surface area contributed by atoms with Crippen LogP contribution in [0.15, 0.2) is 19.7 Å². The molecule has 2 aromatic heterocycles. The summed E-state index contributed by atoms with van der Waals surface area (Å²) in [6, 6.07) is 0. The van der Waals surface area contributed by atoms with Gasteiger partial charge in [-0.3, -0.25) is 4.79 Å². The van der Waals surface area contributed by atoms with Crippen LogP contribution in [0.25, 0.3) is 0 Å². The Labute approximate surface area is 176 Å². The molecule has 10 heteroatoms. The summed E-state index contributed by atoms with van der Waals surface area (Å²) in [5, 5.41) is 3.58. The maximum absolute atomic E-state index is 11.6. The van der Waals surface area contributed by atoms with E-state index in [1.54, 1.807) is 25.0 Å². The molecule has 0 unspecified atom stereocenters. The van der Waals surface area contributed by atoms with Gasteiger partial charge in [-0.1, -0.05) is 0 Å². The van der Waals surface area contributed by atoms with E-state index in [9.17, 15) is 9.59 Å². The van der Waals surface area contributed by atoms with E-state index >= 15 is 0 Å². The number of hydrogen-bond donors (Lipinski definition) is 0. The second-order valence-corrected chi connectivity index (χ2v) is 8.09. The van der Waals surface area contributed by atoms with Gasteiger partial charge < -0.3 is 18.9 Å². The number of aldehydes is 1. The Kier molecular flexibility index (Phi) is 11.1. The summed E-state index contributed by atoms with van der Waals surface area (Å²) in [6.07, 6.45) is 1.37. The fourth-order valence-electron chi connectivity index (χ4n) is 1.66. The fraction of sp³-hybridized carbons (Fsp3) is 0.375. The van der Waals surface area contributed by atoms with Gasteiger partial charge in [0.05, 0.1) is 29.3 Å². The van der Waals surface area contributed by atoms with Crippen LogP contribution >= 0.6 is 54.5 Å². The van der Waals surface area contributed by atoms with Crippen molar-refractivity contribution in [2.24, 2.45) is 0 Å². The predicted molar refractivity (Wildman–Crippen MR) is 109 cm³/mol. The van der Waals surface area contributed by atoms with Crippen molar-refractivity contribution in [3.05, 3.63) is 29.5 Å². The molecule has 0 saturated carbocycles. The van der Waals surface area contributed by atoms with Crippen molar-refractivity contribution in [1.82, 2.24) is 0 Å². The SMILES string of the molecule is COC.COC(=O)c1scc(Br)c1OCCCOc1c(Br)csc1C=O. The largest absolute Gasteiger partial charge is 0.491 e. The van der Waals surface area contributed by atoms with Gasteiger partial charge in [0.15, 0.2) is 22.7 Å². The highest BCUT2D eigenvalue weighted by atomic mass is 79.9. The number of carbonyl (C=O) groups excluding carboxylic acids is 2. The lowest BCUT2D eigenvalue weighted by Gasteiger charge is -2.09. The summed E-state index contributed by atoms with van der Waals surface area (Å²) < 4.78 is 21.7. The van der Waals surface area contributed by atoms with Crippen LogP contribution in [0, 0.1) is 0 Å². The average molecular weight is 530 g/mol. The summed E-state index contributed by atoms with van der Waals surface area (Å²) in [5.41, 5.74) is 0. The third kappa shape index (κ3) is 6.66.